The first-order valence-electron chi connectivity index (χ1n) is 6.22. The minimum absolute atomic E-state index is 0.0931. The van der Waals surface area contributed by atoms with E-state index in [0.717, 1.165) is 10.6 Å². The Morgan fingerprint density at radius 2 is 2.05 bits per heavy atom. The Morgan fingerprint density at radius 3 is 2.77 bits per heavy atom. The molecule has 0 atom stereocenters. The molecule has 8 nitrogen and oxygen atoms in total. The van der Waals surface area contributed by atoms with E-state index in [2.05, 4.69) is 10.3 Å². The van der Waals surface area contributed by atoms with Gasteiger partial charge in [0.25, 0.3) is 5.56 Å². The van der Waals surface area contributed by atoms with Crippen LogP contribution in [0, 0.1) is 0 Å². The first-order chi connectivity index (χ1) is 10.5. The lowest BCUT2D eigenvalue weighted by atomic mass is 10.2. The molecule has 2 aromatic rings. The Kier molecular flexibility index (Phi) is 3.60. The molecule has 0 saturated heterocycles. The number of nitrogens with zero attached hydrogens (tertiary/aromatic N) is 1. The zero-order valence-electron chi connectivity index (χ0n) is 11.1. The molecule has 0 radical (unpaired) electrons. The van der Waals surface area contributed by atoms with Crippen LogP contribution in [-0.4, -0.2) is 22.3 Å². The monoisotopic (exact) mass is 323 g/mol. The summed E-state index contributed by atoms with van der Waals surface area (Å²) in [6.07, 6.45) is 1.24. The SMILES string of the molecule is O=C(Cn1ccc(=O)[nH]c1=O)Nc1cc2c(cc1Cl)OCO2. The van der Waals surface area contributed by atoms with Crippen LogP contribution in [0.2, 0.25) is 5.02 Å². The van der Waals surface area contributed by atoms with Gasteiger partial charge in [0.15, 0.2) is 11.5 Å². The van der Waals surface area contributed by atoms with Crippen molar-refractivity contribution in [3.05, 3.63) is 50.3 Å². The van der Waals surface area contributed by atoms with Crippen molar-refractivity contribution in [2.24, 2.45) is 0 Å². The van der Waals surface area contributed by atoms with Crippen molar-refractivity contribution in [1.82, 2.24) is 9.55 Å². The average Bonchev–Trinajstić information content (AvgIpc) is 2.89. The standard InChI is InChI=1S/C13H10ClN3O5/c14-7-3-9-10(22-6-21-9)4-8(7)15-12(19)5-17-2-1-11(18)16-13(17)20/h1-4H,5-6H2,(H,15,19)(H,16,18,20). The summed E-state index contributed by atoms with van der Waals surface area (Å²) in [5, 5.41) is 2.86. The van der Waals surface area contributed by atoms with E-state index in [9.17, 15) is 14.4 Å². The maximum absolute atomic E-state index is 12.0. The number of halogens is 1. The molecule has 0 unspecified atom stereocenters. The number of fused-ring (bicyclic) bond motifs is 1. The molecule has 0 aliphatic carbocycles. The second-order valence-corrected chi connectivity index (χ2v) is 4.88. The Hall–Kier alpha value is -2.74. The molecule has 2 heterocycles. The van der Waals surface area contributed by atoms with Gasteiger partial charge in [-0.3, -0.25) is 19.1 Å². The minimum Gasteiger partial charge on any atom is -0.454 e. The highest BCUT2D eigenvalue weighted by molar-refractivity contribution is 6.34. The second-order valence-electron chi connectivity index (χ2n) is 4.47. The predicted molar refractivity (Wildman–Crippen MR) is 77.5 cm³/mol. The number of amides is 1. The second kappa shape index (κ2) is 5.57. The van der Waals surface area contributed by atoms with Gasteiger partial charge in [0.05, 0.1) is 10.7 Å². The molecule has 2 N–H and O–H groups in total. The largest absolute Gasteiger partial charge is 0.454 e. The van der Waals surface area contributed by atoms with E-state index < -0.39 is 17.2 Å². The molecule has 22 heavy (non-hydrogen) atoms. The zero-order valence-corrected chi connectivity index (χ0v) is 11.8. The molecule has 9 heteroatoms. The van der Waals surface area contributed by atoms with Gasteiger partial charge >= 0.3 is 5.69 Å². The van der Waals surface area contributed by atoms with Gasteiger partial charge in [-0.2, -0.15) is 0 Å². The van der Waals surface area contributed by atoms with E-state index in [1.165, 1.54) is 18.3 Å². The lowest BCUT2D eigenvalue weighted by Crippen LogP contribution is -2.32. The van der Waals surface area contributed by atoms with Crippen molar-refractivity contribution in [2.75, 3.05) is 12.1 Å². The van der Waals surface area contributed by atoms with Crippen LogP contribution in [0.15, 0.2) is 34.0 Å². The number of nitrogens with one attached hydrogen (secondary N) is 2. The van der Waals surface area contributed by atoms with Crippen molar-refractivity contribution in [1.29, 1.82) is 0 Å². The van der Waals surface area contributed by atoms with Crippen LogP contribution < -0.4 is 26.0 Å². The van der Waals surface area contributed by atoms with Crippen LogP contribution in [0.25, 0.3) is 0 Å². The summed E-state index contributed by atoms with van der Waals surface area (Å²) < 4.78 is 11.4. The molecule has 1 aliphatic heterocycles. The van der Waals surface area contributed by atoms with Crippen molar-refractivity contribution >= 4 is 23.2 Å². The Bertz CT molecular complexity index is 857. The smallest absolute Gasteiger partial charge is 0.328 e. The highest BCUT2D eigenvalue weighted by Crippen LogP contribution is 2.39. The number of ether oxygens (including phenoxy) is 2. The number of aromatic amines is 1. The molecule has 1 aromatic heterocycles. The highest BCUT2D eigenvalue weighted by Gasteiger charge is 2.17. The van der Waals surface area contributed by atoms with Crippen LogP contribution in [0.4, 0.5) is 5.69 Å². The third-order valence-corrected chi connectivity index (χ3v) is 3.26. The summed E-state index contributed by atoms with van der Waals surface area (Å²) in [6.45, 7) is -0.170. The number of benzene rings is 1. The maximum Gasteiger partial charge on any atom is 0.328 e. The van der Waals surface area contributed by atoms with E-state index in [4.69, 9.17) is 21.1 Å². The van der Waals surface area contributed by atoms with Gasteiger partial charge in [-0.05, 0) is 0 Å². The fraction of sp³-hybridized carbons (Fsp3) is 0.154. The number of anilines is 1. The summed E-state index contributed by atoms with van der Waals surface area (Å²) in [4.78, 5) is 36.5. The molecule has 1 aromatic carbocycles. The molecular weight excluding hydrogens is 314 g/mol. The summed E-state index contributed by atoms with van der Waals surface area (Å²) in [5.41, 5.74) is -0.853. The van der Waals surface area contributed by atoms with E-state index >= 15 is 0 Å². The lowest BCUT2D eigenvalue weighted by molar-refractivity contribution is -0.116. The summed E-state index contributed by atoms with van der Waals surface area (Å²) in [5.74, 6) is 0.496. The Balaban J connectivity index is 1.77. The van der Waals surface area contributed by atoms with Gasteiger partial charge < -0.3 is 14.8 Å². The number of aromatic nitrogens is 2. The van der Waals surface area contributed by atoms with E-state index in [1.807, 2.05) is 0 Å². The fourth-order valence-corrected chi connectivity index (χ4v) is 2.13. The molecule has 114 valence electrons. The van der Waals surface area contributed by atoms with Gasteiger partial charge in [-0.15, -0.1) is 0 Å². The van der Waals surface area contributed by atoms with Crippen molar-refractivity contribution < 1.29 is 14.3 Å². The van der Waals surface area contributed by atoms with E-state index in [1.54, 1.807) is 0 Å². The first-order valence-corrected chi connectivity index (χ1v) is 6.59. The van der Waals surface area contributed by atoms with Crippen LogP contribution >= 0.6 is 11.6 Å². The summed E-state index contributed by atoms with van der Waals surface area (Å²) in [6, 6.07) is 4.23. The van der Waals surface area contributed by atoms with Crippen molar-refractivity contribution in [3.8, 4) is 11.5 Å². The minimum atomic E-state index is -0.667. The number of rotatable bonds is 3. The fourth-order valence-electron chi connectivity index (χ4n) is 1.93. The number of carbonyl (C=O) groups is 1. The van der Waals surface area contributed by atoms with Gasteiger partial charge in [0.1, 0.15) is 6.54 Å². The Morgan fingerprint density at radius 1 is 1.32 bits per heavy atom. The molecule has 1 amide bonds. The normalized spacial score (nSPS) is 12.2. The number of hydrogen-bond donors (Lipinski definition) is 2. The topological polar surface area (TPSA) is 102 Å². The molecule has 0 bridgehead atoms. The van der Waals surface area contributed by atoms with Crippen LogP contribution in [-0.2, 0) is 11.3 Å². The van der Waals surface area contributed by atoms with Gasteiger partial charge in [0.2, 0.25) is 12.7 Å². The van der Waals surface area contributed by atoms with Crippen LogP contribution in [0.5, 0.6) is 11.5 Å². The van der Waals surface area contributed by atoms with Crippen LogP contribution in [0.1, 0.15) is 0 Å². The number of hydrogen-bond acceptors (Lipinski definition) is 5. The van der Waals surface area contributed by atoms with Crippen LogP contribution in [0.3, 0.4) is 0 Å². The van der Waals surface area contributed by atoms with Gasteiger partial charge in [0, 0.05) is 24.4 Å². The van der Waals surface area contributed by atoms with Gasteiger partial charge in [-0.1, -0.05) is 11.6 Å². The molecule has 0 fully saturated rings. The molecule has 0 spiro atoms. The van der Waals surface area contributed by atoms with Crippen molar-refractivity contribution in [3.63, 3.8) is 0 Å². The zero-order chi connectivity index (χ0) is 15.7. The molecular formula is C13H10ClN3O5. The molecule has 3 rings (SSSR count). The molecule has 0 saturated carbocycles. The maximum atomic E-state index is 12.0. The quantitative estimate of drug-likeness (QED) is 0.859. The average molecular weight is 324 g/mol. The summed E-state index contributed by atoms with van der Waals surface area (Å²) in [7, 11) is 0. The van der Waals surface area contributed by atoms with E-state index in [-0.39, 0.29) is 18.4 Å². The third-order valence-electron chi connectivity index (χ3n) is 2.95. The lowest BCUT2D eigenvalue weighted by Gasteiger charge is -2.09. The van der Waals surface area contributed by atoms with E-state index in [0.29, 0.717) is 17.2 Å². The van der Waals surface area contributed by atoms with Crippen molar-refractivity contribution in [2.45, 2.75) is 6.54 Å². The number of H-pyrrole nitrogens is 1. The predicted octanol–water partition coefficient (Wildman–Crippen LogP) is 0.557. The summed E-state index contributed by atoms with van der Waals surface area (Å²) >= 11 is 6.04. The van der Waals surface area contributed by atoms with Gasteiger partial charge in [-0.25, -0.2) is 4.79 Å². The third kappa shape index (κ3) is 2.82. The highest BCUT2D eigenvalue weighted by atomic mass is 35.5. The first kappa shape index (κ1) is 14.2. The molecule has 1 aliphatic rings. The Labute approximate surface area is 128 Å². The number of carbonyl (C=O) groups excluding carboxylic acids is 1.